The summed E-state index contributed by atoms with van der Waals surface area (Å²) in [6, 6.07) is 0. The lowest BCUT2D eigenvalue weighted by Crippen LogP contribution is -2.36. The number of rotatable bonds is 8. The highest BCUT2D eigenvalue weighted by molar-refractivity contribution is 6.17. The van der Waals surface area contributed by atoms with E-state index in [0.29, 0.717) is 12.4 Å². The lowest BCUT2D eigenvalue weighted by Gasteiger charge is -2.24. The van der Waals surface area contributed by atoms with Gasteiger partial charge in [-0.2, -0.15) is 0 Å². The van der Waals surface area contributed by atoms with Crippen molar-refractivity contribution in [2.75, 3.05) is 19.0 Å². The number of hydrogen-bond donors (Lipinski definition) is 1. The van der Waals surface area contributed by atoms with Crippen LogP contribution in [-0.2, 0) is 9.53 Å². The SMILES string of the molecule is CC(C)OCC(=O)NCC(C)(C)CCCCl. The van der Waals surface area contributed by atoms with Crippen LogP contribution in [0.2, 0.25) is 0 Å². The molecule has 0 unspecified atom stereocenters. The maximum atomic E-state index is 11.4. The minimum Gasteiger partial charge on any atom is -0.369 e. The summed E-state index contributed by atoms with van der Waals surface area (Å²) in [5.41, 5.74) is 0.0996. The summed E-state index contributed by atoms with van der Waals surface area (Å²) in [6.45, 7) is 8.90. The summed E-state index contributed by atoms with van der Waals surface area (Å²) in [7, 11) is 0. The third-order valence-corrected chi connectivity index (χ3v) is 2.57. The van der Waals surface area contributed by atoms with Gasteiger partial charge < -0.3 is 10.1 Å². The van der Waals surface area contributed by atoms with Gasteiger partial charge in [0, 0.05) is 12.4 Å². The zero-order chi connectivity index (χ0) is 12.6. The molecule has 0 radical (unpaired) electrons. The number of amides is 1. The lowest BCUT2D eigenvalue weighted by atomic mass is 9.88. The van der Waals surface area contributed by atoms with Crippen LogP contribution in [0.4, 0.5) is 0 Å². The van der Waals surface area contributed by atoms with Gasteiger partial charge in [0.1, 0.15) is 6.61 Å². The van der Waals surface area contributed by atoms with Crippen molar-refractivity contribution in [3.8, 4) is 0 Å². The molecule has 16 heavy (non-hydrogen) atoms. The van der Waals surface area contributed by atoms with Crippen molar-refractivity contribution in [2.24, 2.45) is 5.41 Å². The molecule has 0 spiro atoms. The molecule has 0 saturated carbocycles. The van der Waals surface area contributed by atoms with Gasteiger partial charge in [-0.25, -0.2) is 0 Å². The number of alkyl halides is 1. The van der Waals surface area contributed by atoms with Gasteiger partial charge in [0.25, 0.3) is 0 Å². The molecule has 0 fully saturated rings. The van der Waals surface area contributed by atoms with E-state index < -0.39 is 0 Å². The molecule has 3 nitrogen and oxygen atoms in total. The lowest BCUT2D eigenvalue weighted by molar-refractivity contribution is -0.127. The molecule has 0 atom stereocenters. The van der Waals surface area contributed by atoms with Gasteiger partial charge in [-0.1, -0.05) is 13.8 Å². The topological polar surface area (TPSA) is 38.3 Å². The number of nitrogens with one attached hydrogen (secondary N) is 1. The molecule has 0 aliphatic rings. The van der Waals surface area contributed by atoms with Crippen LogP contribution >= 0.6 is 11.6 Å². The normalized spacial score (nSPS) is 11.9. The summed E-state index contributed by atoms with van der Waals surface area (Å²) in [6.07, 6.45) is 2.09. The Kier molecular flexibility index (Phi) is 7.77. The van der Waals surface area contributed by atoms with Crippen LogP contribution < -0.4 is 5.32 Å². The maximum absolute atomic E-state index is 11.4. The van der Waals surface area contributed by atoms with Crippen LogP contribution in [0.3, 0.4) is 0 Å². The van der Waals surface area contributed by atoms with Crippen molar-refractivity contribution in [3.05, 3.63) is 0 Å². The average molecular weight is 250 g/mol. The molecule has 4 heteroatoms. The molecular formula is C12H24ClNO2. The second-order valence-corrected chi connectivity index (χ2v) is 5.47. The quantitative estimate of drug-likeness (QED) is 0.672. The van der Waals surface area contributed by atoms with Crippen LogP contribution in [0.15, 0.2) is 0 Å². The molecule has 1 amide bonds. The van der Waals surface area contributed by atoms with Gasteiger partial charge in [-0.05, 0) is 32.1 Å². The highest BCUT2D eigenvalue weighted by atomic mass is 35.5. The fourth-order valence-electron chi connectivity index (χ4n) is 1.27. The van der Waals surface area contributed by atoms with Crippen LogP contribution in [0.5, 0.6) is 0 Å². The predicted octanol–water partition coefficient (Wildman–Crippen LogP) is 2.57. The van der Waals surface area contributed by atoms with E-state index >= 15 is 0 Å². The third-order valence-electron chi connectivity index (χ3n) is 2.30. The highest BCUT2D eigenvalue weighted by Crippen LogP contribution is 2.21. The summed E-state index contributed by atoms with van der Waals surface area (Å²) in [5.74, 6) is 0.626. The molecule has 0 saturated heterocycles. The van der Waals surface area contributed by atoms with Gasteiger partial charge >= 0.3 is 0 Å². The van der Waals surface area contributed by atoms with E-state index in [-0.39, 0.29) is 24.0 Å². The molecule has 96 valence electrons. The Balaban J connectivity index is 3.72. The number of ether oxygens (including phenoxy) is 1. The molecule has 0 bridgehead atoms. The summed E-state index contributed by atoms with van der Waals surface area (Å²) >= 11 is 5.65. The first-order chi connectivity index (χ1) is 7.37. The van der Waals surface area contributed by atoms with E-state index in [2.05, 4.69) is 19.2 Å². The Hall–Kier alpha value is -0.280. The van der Waals surface area contributed by atoms with E-state index in [1.807, 2.05) is 13.8 Å². The molecule has 0 rings (SSSR count). The molecule has 0 heterocycles. The first-order valence-corrected chi connectivity index (χ1v) is 6.35. The van der Waals surface area contributed by atoms with Crippen LogP contribution in [0.1, 0.15) is 40.5 Å². The van der Waals surface area contributed by atoms with Crippen molar-refractivity contribution >= 4 is 17.5 Å². The summed E-state index contributed by atoms with van der Waals surface area (Å²) in [5, 5.41) is 2.88. The molecule has 0 aromatic carbocycles. The van der Waals surface area contributed by atoms with Crippen molar-refractivity contribution in [1.82, 2.24) is 5.32 Å². The van der Waals surface area contributed by atoms with Crippen LogP contribution in [-0.4, -0.2) is 31.0 Å². The van der Waals surface area contributed by atoms with Crippen LogP contribution in [0.25, 0.3) is 0 Å². The number of hydrogen-bond acceptors (Lipinski definition) is 2. The van der Waals surface area contributed by atoms with Gasteiger partial charge in [0.2, 0.25) is 5.91 Å². The molecule has 0 aliphatic carbocycles. The zero-order valence-corrected chi connectivity index (χ0v) is 11.6. The van der Waals surface area contributed by atoms with E-state index in [1.54, 1.807) is 0 Å². The van der Waals surface area contributed by atoms with Gasteiger partial charge in [-0.15, -0.1) is 11.6 Å². The Morgan fingerprint density at radius 2 is 2.06 bits per heavy atom. The van der Waals surface area contributed by atoms with Gasteiger partial charge in [0.05, 0.1) is 6.10 Å². The third kappa shape index (κ3) is 8.98. The van der Waals surface area contributed by atoms with Crippen LogP contribution in [0, 0.1) is 5.41 Å². The van der Waals surface area contributed by atoms with Crippen molar-refractivity contribution in [2.45, 2.75) is 46.6 Å². The van der Waals surface area contributed by atoms with Gasteiger partial charge in [-0.3, -0.25) is 4.79 Å². The number of halogens is 1. The van der Waals surface area contributed by atoms with E-state index in [1.165, 1.54) is 0 Å². The summed E-state index contributed by atoms with van der Waals surface area (Å²) < 4.78 is 5.22. The first kappa shape index (κ1) is 15.7. The molecule has 0 aliphatic heterocycles. The number of carbonyl (C=O) groups is 1. The fourth-order valence-corrected chi connectivity index (χ4v) is 1.40. The van der Waals surface area contributed by atoms with Gasteiger partial charge in [0.15, 0.2) is 0 Å². The smallest absolute Gasteiger partial charge is 0.246 e. The first-order valence-electron chi connectivity index (χ1n) is 5.81. The Morgan fingerprint density at radius 1 is 1.44 bits per heavy atom. The maximum Gasteiger partial charge on any atom is 0.246 e. The molecular weight excluding hydrogens is 226 g/mol. The Morgan fingerprint density at radius 3 is 2.56 bits per heavy atom. The summed E-state index contributed by atoms with van der Waals surface area (Å²) in [4.78, 5) is 11.4. The minimum absolute atomic E-state index is 0.0485. The predicted molar refractivity (Wildman–Crippen MR) is 67.8 cm³/mol. The molecule has 0 aromatic rings. The molecule has 1 N–H and O–H groups in total. The van der Waals surface area contributed by atoms with Crippen molar-refractivity contribution < 1.29 is 9.53 Å². The minimum atomic E-state index is -0.0485. The standard InChI is InChI=1S/C12H24ClNO2/c1-10(2)16-8-11(15)14-9-12(3,4)6-5-7-13/h10H,5-9H2,1-4H3,(H,14,15). The Bertz CT molecular complexity index is 205. The van der Waals surface area contributed by atoms with Crippen molar-refractivity contribution in [3.63, 3.8) is 0 Å². The van der Waals surface area contributed by atoms with Crippen molar-refractivity contribution in [1.29, 1.82) is 0 Å². The van der Waals surface area contributed by atoms with E-state index in [0.717, 1.165) is 12.8 Å². The average Bonchev–Trinajstić information content (AvgIpc) is 2.21. The highest BCUT2D eigenvalue weighted by Gasteiger charge is 2.18. The second kappa shape index (κ2) is 7.91. The van der Waals surface area contributed by atoms with E-state index in [9.17, 15) is 4.79 Å². The largest absolute Gasteiger partial charge is 0.369 e. The van der Waals surface area contributed by atoms with E-state index in [4.69, 9.17) is 16.3 Å². The second-order valence-electron chi connectivity index (χ2n) is 5.09. The zero-order valence-electron chi connectivity index (χ0n) is 10.8. The molecule has 0 aromatic heterocycles. The Labute approximate surface area is 104 Å². The number of carbonyl (C=O) groups excluding carboxylic acids is 1. The monoisotopic (exact) mass is 249 g/mol. The fraction of sp³-hybridized carbons (Fsp3) is 0.917.